The van der Waals surface area contributed by atoms with Gasteiger partial charge < -0.3 is 5.32 Å². The molecule has 0 aliphatic heterocycles. The van der Waals surface area contributed by atoms with E-state index in [1.54, 1.807) is 6.92 Å². The third-order valence-corrected chi connectivity index (χ3v) is 3.09. The van der Waals surface area contributed by atoms with Gasteiger partial charge >= 0.3 is 0 Å². The number of ketones is 1. The molecule has 0 spiro atoms. The highest BCUT2D eigenvalue weighted by atomic mass is 16.1. The van der Waals surface area contributed by atoms with Crippen molar-refractivity contribution in [2.45, 2.75) is 65.7 Å². The van der Waals surface area contributed by atoms with Crippen molar-refractivity contribution < 1.29 is 9.59 Å². The second-order valence-electron chi connectivity index (χ2n) is 4.76. The van der Waals surface area contributed by atoms with Crippen molar-refractivity contribution >= 4 is 11.7 Å². The molecular weight excluding hydrogens is 214 g/mol. The van der Waals surface area contributed by atoms with E-state index in [0.717, 1.165) is 32.2 Å². The van der Waals surface area contributed by atoms with Gasteiger partial charge in [0.1, 0.15) is 5.78 Å². The number of carbonyl (C=O) groups excluding carboxylic acids is 2. The molecule has 0 fully saturated rings. The van der Waals surface area contributed by atoms with Crippen LogP contribution in [0.2, 0.25) is 0 Å². The van der Waals surface area contributed by atoms with Gasteiger partial charge in [-0.1, -0.05) is 39.5 Å². The van der Waals surface area contributed by atoms with E-state index >= 15 is 0 Å². The number of amides is 1. The van der Waals surface area contributed by atoms with Gasteiger partial charge in [0.05, 0.1) is 0 Å². The highest BCUT2D eigenvalue weighted by Gasteiger charge is 2.09. The second-order valence-corrected chi connectivity index (χ2v) is 4.76. The van der Waals surface area contributed by atoms with Crippen LogP contribution < -0.4 is 5.32 Å². The van der Waals surface area contributed by atoms with Crippen LogP contribution >= 0.6 is 0 Å². The smallest absolute Gasteiger partial charge is 0.216 e. The molecule has 1 N–H and O–H groups in total. The Labute approximate surface area is 105 Å². The molecule has 3 nitrogen and oxygen atoms in total. The molecule has 0 bridgehead atoms. The number of hydrogen-bond donors (Lipinski definition) is 1. The van der Waals surface area contributed by atoms with E-state index < -0.39 is 0 Å². The minimum atomic E-state index is 0.0527. The van der Waals surface area contributed by atoms with E-state index in [2.05, 4.69) is 5.32 Å². The maximum atomic E-state index is 11.3. The SMILES string of the molecule is CCC(=O)C(C)CCCCCCCNC(C)=O. The van der Waals surface area contributed by atoms with Gasteiger partial charge in [0.2, 0.25) is 5.91 Å². The topological polar surface area (TPSA) is 46.2 Å². The number of Topliss-reactive ketones (excluding diaryl/α,β-unsaturated/α-hetero) is 1. The Hall–Kier alpha value is -0.860. The molecule has 3 heteroatoms. The lowest BCUT2D eigenvalue weighted by Crippen LogP contribution is -2.20. The van der Waals surface area contributed by atoms with E-state index in [-0.39, 0.29) is 11.8 Å². The lowest BCUT2D eigenvalue weighted by molar-refractivity contribution is -0.122. The zero-order valence-corrected chi connectivity index (χ0v) is 11.6. The average molecular weight is 241 g/mol. The van der Waals surface area contributed by atoms with Gasteiger partial charge in [0.25, 0.3) is 0 Å². The Morgan fingerprint density at radius 3 is 2.24 bits per heavy atom. The van der Waals surface area contributed by atoms with Crippen LogP contribution in [-0.4, -0.2) is 18.2 Å². The number of unbranched alkanes of at least 4 members (excludes halogenated alkanes) is 4. The summed E-state index contributed by atoms with van der Waals surface area (Å²) in [6.07, 6.45) is 7.46. The molecule has 0 heterocycles. The van der Waals surface area contributed by atoms with Crippen LogP contribution in [0.25, 0.3) is 0 Å². The average Bonchev–Trinajstić information content (AvgIpc) is 2.30. The number of nitrogens with one attached hydrogen (secondary N) is 1. The second kappa shape index (κ2) is 10.3. The van der Waals surface area contributed by atoms with E-state index in [1.807, 2.05) is 13.8 Å². The number of carbonyl (C=O) groups is 2. The predicted octanol–water partition coefficient (Wildman–Crippen LogP) is 3.08. The third kappa shape index (κ3) is 10.0. The maximum Gasteiger partial charge on any atom is 0.216 e. The Morgan fingerprint density at radius 2 is 1.65 bits per heavy atom. The normalized spacial score (nSPS) is 12.2. The van der Waals surface area contributed by atoms with Crippen molar-refractivity contribution in [3.63, 3.8) is 0 Å². The fourth-order valence-corrected chi connectivity index (χ4v) is 1.88. The maximum absolute atomic E-state index is 11.3. The molecule has 0 aromatic carbocycles. The molecular formula is C14H27NO2. The van der Waals surface area contributed by atoms with Gasteiger partial charge in [-0.25, -0.2) is 0 Å². The molecule has 0 rings (SSSR count). The third-order valence-electron chi connectivity index (χ3n) is 3.09. The lowest BCUT2D eigenvalue weighted by atomic mass is 9.97. The van der Waals surface area contributed by atoms with E-state index in [0.29, 0.717) is 12.2 Å². The van der Waals surface area contributed by atoms with Gasteiger partial charge in [0.15, 0.2) is 0 Å². The van der Waals surface area contributed by atoms with Gasteiger partial charge in [0, 0.05) is 25.8 Å². The number of rotatable bonds is 10. The van der Waals surface area contributed by atoms with Crippen LogP contribution in [0.3, 0.4) is 0 Å². The lowest BCUT2D eigenvalue weighted by Gasteiger charge is -2.08. The van der Waals surface area contributed by atoms with E-state index in [9.17, 15) is 9.59 Å². The van der Waals surface area contributed by atoms with Crippen LogP contribution in [-0.2, 0) is 9.59 Å². The molecule has 1 atom stereocenters. The summed E-state index contributed by atoms with van der Waals surface area (Å²) in [5, 5.41) is 2.79. The summed E-state index contributed by atoms with van der Waals surface area (Å²) in [6, 6.07) is 0. The van der Waals surface area contributed by atoms with Crippen molar-refractivity contribution in [3.05, 3.63) is 0 Å². The predicted molar refractivity (Wildman–Crippen MR) is 70.8 cm³/mol. The number of hydrogen-bond acceptors (Lipinski definition) is 2. The molecule has 0 aromatic heterocycles. The monoisotopic (exact) mass is 241 g/mol. The summed E-state index contributed by atoms with van der Waals surface area (Å²) in [4.78, 5) is 21.9. The highest BCUT2D eigenvalue weighted by molar-refractivity contribution is 5.80. The first-order valence-electron chi connectivity index (χ1n) is 6.85. The summed E-state index contributed by atoms with van der Waals surface area (Å²) in [7, 11) is 0. The molecule has 0 aliphatic rings. The van der Waals surface area contributed by atoms with Crippen molar-refractivity contribution in [1.29, 1.82) is 0 Å². The van der Waals surface area contributed by atoms with Crippen molar-refractivity contribution in [2.24, 2.45) is 5.92 Å². The molecule has 100 valence electrons. The quantitative estimate of drug-likeness (QED) is 0.597. The minimum Gasteiger partial charge on any atom is -0.356 e. The zero-order valence-electron chi connectivity index (χ0n) is 11.6. The van der Waals surface area contributed by atoms with Crippen LogP contribution in [0, 0.1) is 5.92 Å². The molecule has 0 aliphatic carbocycles. The first-order chi connectivity index (χ1) is 8.07. The molecule has 1 amide bonds. The first kappa shape index (κ1) is 16.1. The molecule has 17 heavy (non-hydrogen) atoms. The first-order valence-corrected chi connectivity index (χ1v) is 6.85. The van der Waals surface area contributed by atoms with Gasteiger partial charge in [-0.05, 0) is 12.8 Å². The summed E-state index contributed by atoms with van der Waals surface area (Å²) < 4.78 is 0. The van der Waals surface area contributed by atoms with Crippen LogP contribution in [0.5, 0.6) is 0 Å². The summed E-state index contributed by atoms with van der Waals surface area (Å²) in [6.45, 7) is 6.30. The van der Waals surface area contributed by atoms with Gasteiger partial charge in [-0.2, -0.15) is 0 Å². The summed E-state index contributed by atoms with van der Waals surface area (Å²) >= 11 is 0. The zero-order chi connectivity index (χ0) is 13.1. The summed E-state index contributed by atoms with van der Waals surface area (Å²) in [5.41, 5.74) is 0. The van der Waals surface area contributed by atoms with Gasteiger partial charge in [-0.15, -0.1) is 0 Å². The minimum absolute atomic E-state index is 0.0527. The molecule has 1 unspecified atom stereocenters. The largest absolute Gasteiger partial charge is 0.356 e. The Balaban J connectivity index is 3.23. The fraction of sp³-hybridized carbons (Fsp3) is 0.857. The van der Waals surface area contributed by atoms with Crippen LogP contribution in [0.4, 0.5) is 0 Å². The van der Waals surface area contributed by atoms with Crippen molar-refractivity contribution in [3.8, 4) is 0 Å². The standard InChI is InChI=1S/C14H27NO2/c1-4-14(17)12(2)10-8-6-5-7-9-11-15-13(3)16/h12H,4-11H2,1-3H3,(H,15,16). The van der Waals surface area contributed by atoms with Crippen LogP contribution in [0.15, 0.2) is 0 Å². The Kier molecular flexibility index (Phi) is 9.78. The van der Waals surface area contributed by atoms with E-state index in [4.69, 9.17) is 0 Å². The van der Waals surface area contributed by atoms with E-state index in [1.165, 1.54) is 12.8 Å². The van der Waals surface area contributed by atoms with Crippen molar-refractivity contribution in [1.82, 2.24) is 5.32 Å². The Bertz CT molecular complexity index is 226. The molecule has 0 radical (unpaired) electrons. The Morgan fingerprint density at radius 1 is 1.06 bits per heavy atom. The van der Waals surface area contributed by atoms with Crippen LogP contribution in [0.1, 0.15) is 65.7 Å². The molecule has 0 aromatic rings. The molecule has 0 saturated heterocycles. The summed E-state index contributed by atoms with van der Waals surface area (Å²) in [5.74, 6) is 0.673. The van der Waals surface area contributed by atoms with Gasteiger partial charge in [-0.3, -0.25) is 9.59 Å². The van der Waals surface area contributed by atoms with Crippen molar-refractivity contribution in [2.75, 3.05) is 6.54 Å². The highest BCUT2D eigenvalue weighted by Crippen LogP contribution is 2.13. The molecule has 0 saturated carbocycles. The fourth-order valence-electron chi connectivity index (χ4n) is 1.88.